The van der Waals surface area contributed by atoms with Crippen molar-refractivity contribution < 1.29 is 8.42 Å². The van der Waals surface area contributed by atoms with Crippen molar-refractivity contribution in [3.05, 3.63) is 63.2 Å². The highest BCUT2D eigenvalue weighted by atomic mass is 127. The van der Waals surface area contributed by atoms with Crippen LogP contribution in [0.5, 0.6) is 0 Å². The molecule has 5 rings (SSSR count). The lowest BCUT2D eigenvalue weighted by molar-refractivity contribution is 0.293. The highest BCUT2D eigenvalue weighted by molar-refractivity contribution is 14.1. The number of aryl methyl sites for hydroxylation is 1. The Morgan fingerprint density at radius 2 is 1.40 bits per heavy atom. The Balaban J connectivity index is 1.60. The van der Waals surface area contributed by atoms with Gasteiger partial charge in [-0.3, -0.25) is 4.99 Å². The van der Waals surface area contributed by atoms with Crippen LogP contribution in [-0.4, -0.2) is 37.1 Å². The molecule has 0 aromatic heterocycles. The van der Waals surface area contributed by atoms with Gasteiger partial charge in [-0.15, -0.1) is 4.40 Å². The van der Waals surface area contributed by atoms with Crippen molar-refractivity contribution >= 4 is 44.3 Å². The molecule has 3 fully saturated rings. The van der Waals surface area contributed by atoms with Crippen LogP contribution < -0.4 is 0 Å². The Bertz CT molecular complexity index is 1190. The highest BCUT2D eigenvalue weighted by Gasteiger charge is 2.48. The van der Waals surface area contributed by atoms with E-state index in [4.69, 9.17) is 4.99 Å². The van der Waals surface area contributed by atoms with E-state index in [1.54, 1.807) is 12.1 Å². The van der Waals surface area contributed by atoms with Crippen LogP contribution in [0, 0.1) is 10.5 Å². The second-order valence-corrected chi connectivity index (χ2v) is 13.0. The molecule has 1 heterocycles. The maximum absolute atomic E-state index is 13.4. The zero-order chi connectivity index (χ0) is 24.4. The average molecular weight is 604 g/mol. The van der Waals surface area contributed by atoms with Crippen LogP contribution in [0.4, 0.5) is 0 Å². The first-order valence-corrected chi connectivity index (χ1v) is 15.5. The Morgan fingerprint density at radius 1 is 0.800 bits per heavy atom. The third-order valence-electron chi connectivity index (χ3n) is 7.58. The van der Waals surface area contributed by atoms with E-state index >= 15 is 0 Å². The van der Waals surface area contributed by atoms with Gasteiger partial charge in [-0.05, 0) is 85.0 Å². The van der Waals surface area contributed by atoms with Crippen LogP contribution in [0.1, 0.15) is 81.3 Å². The van der Waals surface area contributed by atoms with Gasteiger partial charge in [0.05, 0.1) is 10.9 Å². The first-order chi connectivity index (χ1) is 16.9. The number of rotatable bonds is 5. The second kappa shape index (κ2) is 10.7. The van der Waals surface area contributed by atoms with E-state index in [1.807, 2.05) is 19.1 Å². The summed E-state index contributed by atoms with van der Waals surface area (Å²) in [6.07, 6.45) is 11.7. The highest BCUT2D eigenvalue weighted by Crippen LogP contribution is 2.40. The van der Waals surface area contributed by atoms with Crippen LogP contribution >= 0.6 is 22.6 Å². The normalized spacial score (nSPS) is 24.6. The fraction of sp³-hybridized carbons (Fsp3) is 0.500. The molecule has 2 aliphatic carbocycles. The molecule has 7 heteroatoms. The number of sulfonamides is 1. The molecule has 1 atom stereocenters. The molecule has 0 spiro atoms. The number of benzene rings is 2. The Labute approximate surface area is 223 Å². The van der Waals surface area contributed by atoms with E-state index in [0.717, 1.165) is 46.2 Å². The summed E-state index contributed by atoms with van der Waals surface area (Å²) in [6.45, 7) is 1.96. The maximum Gasteiger partial charge on any atom is 0.283 e. The van der Waals surface area contributed by atoms with Crippen molar-refractivity contribution in [2.24, 2.45) is 9.39 Å². The predicted molar refractivity (Wildman–Crippen MR) is 151 cm³/mol. The van der Waals surface area contributed by atoms with Gasteiger partial charge < -0.3 is 4.90 Å². The minimum absolute atomic E-state index is 0.198. The number of amidine groups is 2. The smallest absolute Gasteiger partial charge is 0.283 e. The fourth-order valence-corrected chi connectivity index (χ4v) is 7.01. The Kier molecular flexibility index (Phi) is 7.63. The van der Waals surface area contributed by atoms with Crippen molar-refractivity contribution in [2.75, 3.05) is 0 Å². The van der Waals surface area contributed by atoms with Crippen LogP contribution in [0.3, 0.4) is 0 Å². The third kappa shape index (κ3) is 5.50. The van der Waals surface area contributed by atoms with Crippen molar-refractivity contribution in [3.8, 4) is 0 Å². The summed E-state index contributed by atoms with van der Waals surface area (Å²) in [5, 5.41) is 0. The molecule has 2 saturated carbocycles. The molecule has 1 unspecified atom stereocenters. The van der Waals surface area contributed by atoms with Gasteiger partial charge >= 0.3 is 0 Å². The molecule has 186 valence electrons. The molecule has 0 N–H and O–H groups in total. The van der Waals surface area contributed by atoms with Gasteiger partial charge in [0.15, 0.2) is 0 Å². The van der Waals surface area contributed by atoms with E-state index in [-0.39, 0.29) is 16.9 Å². The number of nitrogens with zero attached hydrogens (tertiary/aromatic N) is 3. The number of hydrogen-bond acceptors (Lipinski definition) is 3. The SMILES string of the molecule is Cc1ccc(S(=O)(=O)/N=C2\C(c3ccc(I)cc3)C(=NC3CCCCC3)N2C2CCCCC2)cc1. The van der Waals surface area contributed by atoms with E-state index in [1.165, 1.54) is 38.5 Å². The van der Waals surface area contributed by atoms with Gasteiger partial charge in [-0.2, -0.15) is 8.42 Å². The van der Waals surface area contributed by atoms with E-state index in [9.17, 15) is 8.42 Å². The van der Waals surface area contributed by atoms with Crippen LogP contribution in [0.25, 0.3) is 0 Å². The minimum Gasteiger partial charge on any atom is -0.313 e. The van der Waals surface area contributed by atoms with Gasteiger partial charge in [0, 0.05) is 9.61 Å². The summed E-state index contributed by atoms with van der Waals surface area (Å²) < 4.78 is 32.6. The Hall–Kier alpha value is -1.74. The molecule has 3 aliphatic rings. The molecule has 0 radical (unpaired) electrons. The molecule has 2 aromatic rings. The van der Waals surface area contributed by atoms with Crippen molar-refractivity contribution in [1.82, 2.24) is 4.90 Å². The molecule has 35 heavy (non-hydrogen) atoms. The summed E-state index contributed by atoms with van der Waals surface area (Å²) in [5.41, 5.74) is 2.10. The monoisotopic (exact) mass is 603 g/mol. The third-order valence-corrected chi connectivity index (χ3v) is 9.59. The van der Waals surface area contributed by atoms with E-state index < -0.39 is 10.0 Å². The molecule has 0 bridgehead atoms. The Morgan fingerprint density at radius 3 is 2.03 bits per heavy atom. The van der Waals surface area contributed by atoms with Crippen molar-refractivity contribution in [1.29, 1.82) is 0 Å². The van der Waals surface area contributed by atoms with Crippen LogP contribution in [0.2, 0.25) is 0 Å². The summed E-state index contributed by atoms with van der Waals surface area (Å²) in [4.78, 5) is 7.77. The van der Waals surface area contributed by atoms with Crippen LogP contribution in [0.15, 0.2) is 62.8 Å². The zero-order valence-electron chi connectivity index (χ0n) is 20.4. The standard InChI is InChI=1S/C28H34IN3O2S/c1-20-12-18-25(19-13-20)35(33,34)31-28-26(21-14-16-22(29)17-15-21)27(30-23-8-4-2-5-9-23)32(28)24-10-6-3-7-11-24/h12-19,23-24,26H,2-11H2,1H3/b30-27?,31-28+. The summed E-state index contributed by atoms with van der Waals surface area (Å²) in [7, 11) is -3.82. The van der Waals surface area contributed by atoms with Gasteiger partial charge in [-0.1, -0.05) is 68.4 Å². The number of halogens is 1. The van der Waals surface area contributed by atoms with E-state index in [2.05, 4.69) is 56.2 Å². The van der Waals surface area contributed by atoms with Crippen molar-refractivity contribution in [2.45, 2.75) is 94.0 Å². The zero-order valence-corrected chi connectivity index (χ0v) is 23.3. The largest absolute Gasteiger partial charge is 0.313 e. The number of likely N-dealkylation sites (tertiary alicyclic amines) is 1. The van der Waals surface area contributed by atoms with Gasteiger partial charge in [0.25, 0.3) is 10.0 Å². The maximum atomic E-state index is 13.4. The first kappa shape index (κ1) is 24.9. The lowest BCUT2D eigenvalue weighted by atomic mass is 9.82. The second-order valence-electron chi connectivity index (χ2n) is 10.2. The molecule has 1 saturated heterocycles. The molecule has 1 aliphatic heterocycles. The predicted octanol–water partition coefficient (Wildman–Crippen LogP) is 6.85. The summed E-state index contributed by atoms with van der Waals surface area (Å²) in [5.74, 6) is 1.48. The van der Waals surface area contributed by atoms with Gasteiger partial charge in [0.1, 0.15) is 17.6 Å². The molecule has 0 amide bonds. The summed E-state index contributed by atoms with van der Waals surface area (Å²) >= 11 is 2.31. The molecular formula is C28H34IN3O2S. The molecule has 5 nitrogen and oxygen atoms in total. The average Bonchev–Trinajstić information content (AvgIpc) is 2.86. The van der Waals surface area contributed by atoms with Crippen molar-refractivity contribution in [3.63, 3.8) is 0 Å². The number of aliphatic imine (C=N–C) groups is 1. The lowest BCUT2D eigenvalue weighted by Crippen LogP contribution is -2.61. The van der Waals surface area contributed by atoms with Gasteiger partial charge in [0.2, 0.25) is 0 Å². The van der Waals surface area contributed by atoms with E-state index in [0.29, 0.717) is 11.9 Å². The van der Waals surface area contributed by atoms with Crippen LogP contribution in [-0.2, 0) is 10.0 Å². The fourth-order valence-electron chi connectivity index (χ4n) is 5.63. The number of hydrogen-bond donors (Lipinski definition) is 0. The molecule has 2 aromatic carbocycles. The molecular weight excluding hydrogens is 569 g/mol. The topological polar surface area (TPSA) is 62.1 Å². The first-order valence-electron chi connectivity index (χ1n) is 13.0. The summed E-state index contributed by atoms with van der Waals surface area (Å²) in [6, 6.07) is 16.0. The lowest BCUT2D eigenvalue weighted by Gasteiger charge is -2.49. The quantitative estimate of drug-likeness (QED) is 0.352. The minimum atomic E-state index is -3.82. The van der Waals surface area contributed by atoms with Gasteiger partial charge in [-0.25, -0.2) is 0 Å².